The first-order valence-corrected chi connectivity index (χ1v) is 7.33. The van der Waals surface area contributed by atoms with Crippen molar-refractivity contribution in [2.45, 2.75) is 33.3 Å². The highest BCUT2D eigenvalue weighted by atomic mass is 16.6. The van der Waals surface area contributed by atoms with Gasteiger partial charge < -0.3 is 4.74 Å². The molecule has 23 heavy (non-hydrogen) atoms. The van der Waals surface area contributed by atoms with Crippen LogP contribution in [-0.2, 0) is 4.74 Å². The first-order chi connectivity index (χ1) is 10.8. The third-order valence-electron chi connectivity index (χ3n) is 3.07. The predicted octanol–water partition coefficient (Wildman–Crippen LogP) is 3.72. The van der Waals surface area contributed by atoms with E-state index in [1.165, 1.54) is 0 Å². The lowest BCUT2D eigenvalue weighted by Gasteiger charge is -2.19. The molecular formula is C18H20N2O3. The molecule has 0 fully saturated rings. The molecule has 1 aromatic carbocycles. The van der Waals surface area contributed by atoms with Gasteiger partial charge in [0, 0.05) is 6.20 Å². The van der Waals surface area contributed by atoms with Crippen molar-refractivity contribution in [2.75, 3.05) is 0 Å². The number of rotatable bonds is 2. The van der Waals surface area contributed by atoms with Crippen molar-refractivity contribution in [1.82, 2.24) is 10.3 Å². The molecule has 1 heterocycles. The molecule has 0 atom stereocenters. The number of amides is 2. The van der Waals surface area contributed by atoms with Crippen LogP contribution in [0.1, 0.15) is 36.8 Å². The zero-order chi connectivity index (χ0) is 17.0. The van der Waals surface area contributed by atoms with E-state index < -0.39 is 17.6 Å². The van der Waals surface area contributed by atoms with Crippen LogP contribution in [0.3, 0.4) is 0 Å². The van der Waals surface area contributed by atoms with Gasteiger partial charge in [0.1, 0.15) is 5.60 Å². The topological polar surface area (TPSA) is 68.3 Å². The summed E-state index contributed by atoms with van der Waals surface area (Å²) < 4.78 is 5.12. The summed E-state index contributed by atoms with van der Waals surface area (Å²) in [4.78, 5) is 28.5. The summed E-state index contributed by atoms with van der Waals surface area (Å²) in [5.41, 5.74) is 1.85. The van der Waals surface area contributed by atoms with E-state index >= 15 is 0 Å². The Morgan fingerprint density at radius 3 is 2.35 bits per heavy atom. The number of carbonyl (C=O) groups is 2. The summed E-state index contributed by atoms with van der Waals surface area (Å²) in [6.07, 6.45) is 0.867. The van der Waals surface area contributed by atoms with Gasteiger partial charge in [0.15, 0.2) is 0 Å². The van der Waals surface area contributed by atoms with Gasteiger partial charge in [-0.2, -0.15) is 0 Å². The van der Waals surface area contributed by atoms with Crippen LogP contribution in [0.25, 0.3) is 11.1 Å². The number of pyridine rings is 1. The minimum absolute atomic E-state index is 0.365. The molecule has 0 aliphatic carbocycles. The normalized spacial score (nSPS) is 11.0. The molecule has 0 radical (unpaired) electrons. The van der Waals surface area contributed by atoms with Crippen LogP contribution in [-0.4, -0.2) is 22.6 Å². The van der Waals surface area contributed by atoms with Crippen molar-refractivity contribution >= 4 is 12.0 Å². The van der Waals surface area contributed by atoms with Gasteiger partial charge >= 0.3 is 6.09 Å². The SMILES string of the molecule is Cc1nccc(-c2ccccc2)c1C(=O)NC(=O)OC(C)(C)C. The minimum Gasteiger partial charge on any atom is -0.444 e. The van der Waals surface area contributed by atoms with Gasteiger partial charge in [-0.25, -0.2) is 4.79 Å². The number of hydrogen-bond acceptors (Lipinski definition) is 4. The highest BCUT2D eigenvalue weighted by molar-refractivity contribution is 6.07. The summed E-state index contributed by atoms with van der Waals surface area (Å²) in [5.74, 6) is -0.524. The van der Waals surface area contributed by atoms with E-state index in [4.69, 9.17) is 4.74 Å². The molecule has 1 aromatic heterocycles. The summed E-state index contributed by atoms with van der Waals surface area (Å²) >= 11 is 0. The molecule has 2 aromatic rings. The Labute approximate surface area is 135 Å². The fourth-order valence-electron chi connectivity index (χ4n) is 2.17. The Balaban J connectivity index is 2.32. The van der Waals surface area contributed by atoms with Crippen molar-refractivity contribution in [3.8, 4) is 11.1 Å². The van der Waals surface area contributed by atoms with Gasteiger partial charge in [0.05, 0.1) is 11.3 Å². The van der Waals surface area contributed by atoms with Crippen LogP contribution in [0, 0.1) is 6.92 Å². The van der Waals surface area contributed by atoms with E-state index in [9.17, 15) is 9.59 Å². The number of benzene rings is 1. The lowest BCUT2D eigenvalue weighted by atomic mass is 9.99. The maximum Gasteiger partial charge on any atom is 0.414 e. The van der Waals surface area contributed by atoms with Gasteiger partial charge in [-0.05, 0) is 44.9 Å². The van der Waals surface area contributed by atoms with Crippen molar-refractivity contribution in [3.63, 3.8) is 0 Å². The second-order valence-electron chi connectivity index (χ2n) is 6.14. The van der Waals surface area contributed by atoms with Gasteiger partial charge in [-0.15, -0.1) is 0 Å². The third-order valence-corrected chi connectivity index (χ3v) is 3.07. The summed E-state index contributed by atoms with van der Waals surface area (Å²) in [5, 5.41) is 2.26. The first kappa shape index (κ1) is 16.7. The Hall–Kier alpha value is -2.69. The highest BCUT2D eigenvalue weighted by Crippen LogP contribution is 2.24. The zero-order valence-corrected chi connectivity index (χ0v) is 13.7. The number of nitrogens with one attached hydrogen (secondary N) is 1. The molecular weight excluding hydrogens is 292 g/mol. The number of aryl methyl sites for hydroxylation is 1. The number of carbonyl (C=O) groups excluding carboxylic acids is 2. The molecule has 1 N–H and O–H groups in total. The standard InChI is InChI=1S/C18H20N2O3/c1-12-15(16(21)20-17(22)23-18(2,3)4)14(10-11-19-12)13-8-6-5-7-9-13/h5-11H,1-4H3,(H,20,21,22). The molecule has 0 saturated heterocycles. The quantitative estimate of drug-likeness (QED) is 0.917. The molecule has 0 bridgehead atoms. The maximum absolute atomic E-state index is 12.5. The Morgan fingerprint density at radius 1 is 1.09 bits per heavy atom. The first-order valence-electron chi connectivity index (χ1n) is 7.33. The van der Waals surface area contributed by atoms with Gasteiger partial charge in [0.25, 0.3) is 5.91 Å². The Morgan fingerprint density at radius 2 is 1.74 bits per heavy atom. The molecule has 0 saturated carbocycles. The molecule has 0 unspecified atom stereocenters. The lowest BCUT2D eigenvalue weighted by molar-refractivity contribution is 0.0508. The third kappa shape index (κ3) is 4.39. The number of imide groups is 1. The minimum atomic E-state index is -0.773. The Bertz CT molecular complexity index is 719. The molecule has 0 spiro atoms. The Kier molecular flexibility index (Phi) is 4.79. The van der Waals surface area contributed by atoms with E-state index in [1.807, 2.05) is 30.3 Å². The maximum atomic E-state index is 12.5. The van der Waals surface area contributed by atoms with Crippen molar-refractivity contribution < 1.29 is 14.3 Å². The number of hydrogen-bond donors (Lipinski definition) is 1. The van der Waals surface area contributed by atoms with Crippen LogP contribution in [0.4, 0.5) is 4.79 Å². The molecule has 2 rings (SSSR count). The average molecular weight is 312 g/mol. The second-order valence-corrected chi connectivity index (χ2v) is 6.14. The summed E-state index contributed by atoms with van der Waals surface area (Å²) in [6.45, 7) is 6.95. The number of alkyl carbamates (subject to hydrolysis) is 1. The molecule has 120 valence electrons. The fraction of sp³-hybridized carbons (Fsp3) is 0.278. The predicted molar refractivity (Wildman–Crippen MR) is 88.1 cm³/mol. The zero-order valence-electron chi connectivity index (χ0n) is 13.7. The lowest BCUT2D eigenvalue weighted by Crippen LogP contribution is -2.36. The van der Waals surface area contributed by atoms with Crippen molar-refractivity contribution in [2.24, 2.45) is 0 Å². The summed E-state index contributed by atoms with van der Waals surface area (Å²) in [6, 6.07) is 11.2. The molecule has 0 aliphatic rings. The van der Waals surface area contributed by atoms with Crippen molar-refractivity contribution in [1.29, 1.82) is 0 Å². The van der Waals surface area contributed by atoms with E-state index in [0.29, 0.717) is 11.3 Å². The molecule has 5 nitrogen and oxygen atoms in total. The monoisotopic (exact) mass is 312 g/mol. The van der Waals surface area contributed by atoms with Crippen molar-refractivity contribution in [3.05, 3.63) is 53.9 Å². The average Bonchev–Trinajstić information content (AvgIpc) is 2.45. The van der Waals surface area contributed by atoms with Crippen LogP contribution in [0.2, 0.25) is 0 Å². The van der Waals surface area contributed by atoms with E-state index in [0.717, 1.165) is 11.1 Å². The van der Waals surface area contributed by atoms with E-state index in [2.05, 4.69) is 10.3 Å². The molecule has 5 heteroatoms. The largest absolute Gasteiger partial charge is 0.444 e. The number of aromatic nitrogens is 1. The van der Waals surface area contributed by atoms with E-state index in [1.54, 1.807) is 40.0 Å². The highest BCUT2D eigenvalue weighted by Gasteiger charge is 2.22. The van der Waals surface area contributed by atoms with Crippen LogP contribution >= 0.6 is 0 Å². The van der Waals surface area contributed by atoms with Crippen LogP contribution in [0.15, 0.2) is 42.6 Å². The number of nitrogens with zero attached hydrogens (tertiary/aromatic N) is 1. The second kappa shape index (κ2) is 6.60. The van der Waals surface area contributed by atoms with Crippen LogP contribution < -0.4 is 5.32 Å². The smallest absolute Gasteiger partial charge is 0.414 e. The van der Waals surface area contributed by atoms with Gasteiger partial charge in [-0.3, -0.25) is 15.1 Å². The molecule has 2 amide bonds. The fourth-order valence-corrected chi connectivity index (χ4v) is 2.17. The summed E-state index contributed by atoms with van der Waals surface area (Å²) in [7, 11) is 0. The van der Waals surface area contributed by atoms with Gasteiger partial charge in [0.2, 0.25) is 0 Å². The molecule has 0 aliphatic heterocycles. The van der Waals surface area contributed by atoms with Crippen LogP contribution in [0.5, 0.6) is 0 Å². The van der Waals surface area contributed by atoms with E-state index in [-0.39, 0.29) is 0 Å². The number of ether oxygens (including phenoxy) is 1. The van der Waals surface area contributed by atoms with Gasteiger partial charge in [-0.1, -0.05) is 30.3 Å².